The lowest BCUT2D eigenvalue weighted by molar-refractivity contribution is 0.0772. The molecule has 2 aromatic carbocycles. The molecule has 0 bridgehead atoms. The van der Waals surface area contributed by atoms with Crippen molar-refractivity contribution in [2.75, 3.05) is 7.05 Å². The van der Waals surface area contributed by atoms with Crippen molar-refractivity contribution in [3.05, 3.63) is 66.1 Å². The van der Waals surface area contributed by atoms with E-state index >= 15 is 0 Å². The second kappa shape index (κ2) is 5.53. The zero-order valence-corrected chi connectivity index (χ0v) is 13.6. The Balaban J connectivity index is 1.74. The number of hydrogen-bond donors (Lipinski definition) is 0. The number of amides is 1. The van der Waals surface area contributed by atoms with E-state index in [4.69, 9.17) is 4.52 Å². The fraction of sp³-hybridized carbons (Fsp3) is 0.158. The number of hydrogen-bond acceptors (Lipinski definition) is 3. The third kappa shape index (κ3) is 2.25. The number of rotatable bonds is 3. The predicted molar refractivity (Wildman–Crippen MR) is 92.7 cm³/mol. The molecular formula is C19H17N3O2. The smallest absolute Gasteiger partial charge is 0.254 e. The Morgan fingerprint density at radius 2 is 1.92 bits per heavy atom. The van der Waals surface area contributed by atoms with Crippen LogP contribution < -0.4 is 0 Å². The number of aromatic nitrogens is 2. The summed E-state index contributed by atoms with van der Waals surface area (Å²) in [4.78, 5) is 14.3. The Morgan fingerprint density at radius 1 is 1.12 bits per heavy atom. The van der Waals surface area contributed by atoms with E-state index in [9.17, 15) is 4.79 Å². The lowest BCUT2D eigenvalue weighted by Crippen LogP contribution is -2.25. The van der Waals surface area contributed by atoms with E-state index in [1.807, 2.05) is 37.4 Å². The van der Waals surface area contributed by atoms with Gasteiger partial charge >= 0.3 is 0 Å². The molecule has 120 valence electrons. The van der Waals surface area contributed by atoms with Crippen LogP contribution in [0.15, 0.2) is 59.3 Å². The Labute approximate surface area is 139 Å². The van der Waals surface area contributed by atoms with Gasteiger partial charge in [-0.3, -0.25) is 4.79 Å². The number of aryl methyl sites for hydroxylation is 1. The normalized spacial score (nSPS) is 11.2. The van der Waals surface area contributed by atoms with Crippen molar-refractivity contribution in [3.63, 3.8) is 0 Å². The van der Waals surface area contributed by atoms with E-state index in [0.717, 1.165) is 21.8 Å². The predicted octanol–water partition coefficient (Wildman–Crippen LogP) is 3.59. The second-order valence-electron chi connectivity index (χ2n) is 5.95. The molecule has 5 heteroatoms. The van der Waals surface area contributed by atoms with Crippen LogP contribution >= 0.6 is 0 Å². The minimum absolute atomic E-state index is 0.0405. The van der Waals surface area contributed by atoms with Gasteiger partial charge in [0.05, 0.1) is 12.7 Å². The number of carbonyl (C=O) groups is 1. The molecule has 0 saturated heterocycles. The van der Waals surface area contributed by atoms with Crippen LogP contribution in [0, 0.1) is 0 Å². The van der Waals surface area contributed by atoms with Crippen LogP contribution in [0.5, 0.6) is 0 Å². The summed E-state index contributed by atoms with van der Waals surface area (Å²) in [6.45, 7) is 0.395. The number of para-hydroxylation sites is 1. The monoisotopic (exact) mass is 319 g/mol. The minimum Gasteiger partial charge on any atom is -0.360 e. The van der Waals surface area contributed by atoms with Crippen LogP contribution in [0.3, 0.4) is 0 Å². The van der Waals surface area contributed by atoms with Crippen LogP contribution in [0.2, 0.25) is 0 Å². The number of carbonyl (C=O) groups excluding carboxylic acids is 1. The van der Waals surface area contributed by atoms with Crippen molar-refractivity contribution < 1.29 is 9.32 Å². The highest BCUT2D eigenvalue weighted by Gasteiger charge is 2.16. The van der Waals surface area contributed by atoms with Gasteiger partial charge in [0.1, 0.15) is 0 Å². The molecule has 0 aliphatic rings. The van der Waals surface area contributed by atoms with Gasteiger partial charge in [0.25, 0.3) is 5.91 Å². The van der Waals surface area contributed by atoms with Crippen molar-refractivity contribution in [3.8, 4) is 0 Å². The molecule has 0 spiro atoms. The maximum absolute atomic E-state index is 12.7. The van der Waals surface area contributed by atoms with Gasteiger partial charge in [0, 0.05) is 47.5 Å². The molecule has 2 heterocycles. The van der Waals surface area contributed by atoms with Crippen molar-refractivity contribution >= 4 is 27.7 Å². The number of fused-ring (bicyclic) bond motifs is 3. The van der Waals surface area contributed by atoms with E-state index in [1.54, 1.807) is 24.2 Å². The molecule has 5 nitrogen and oxygen atoms in total. The zero-order chi connectivity index (χ0) is 16.7. The third-order valence-corrected chi connectivity index (χ3v) is 4.39. The summed E-state index contributed by atoms with van der Waals surface area (Å²) in [6.07, 6.45) is 1.58. The molecule has 0 fully saturated rings. The van der Waals surface area contributed by atoms with Crippen molar-refractivity contribution in [2.24, 2.45) is 7.05 Å². The average Bonchev–Trinajstić information content (AvgIpc) is 3.21. The highest BCUT2D eigenvalue weighted by Crippen LogP contribution is 2.29. The van der Waals surface area contributed by atoms with Crippen molar-refractivity contribution in [1.82, 2.24) is 14.6 Å². The molecule has 24 heavy (non-hydrogen) atoms. The summed E-state index contributed by atoms with van der Waals surface area (Å²) in [7, 11) is 3.81. The maximum Gasteiger partial charge on any atom is 0.254 e. The average molecular weight is 319 g/mol. The van der Waals surface area contributed by atoms with Gasteiger partial charge in [-0.15, -0.1) is 0 Å². The van der Waals surface area contributed by atoms with Crippen LogP contribution in [0.25, 0.3) is 21.8 Å². The van der Waals surface area contributed by atoms with Crippen LogP contribution in [0.1, 0.15) is 16.1 Å². The van der Waals surface area contributed by atoms with E-state index in [2.05, 4.69) is 21.9 Å². The molecular weight excluding hydrogens is 302 g/mol. The molecule has 2 aromatic heterocycles. The second-order valence-corrected chi connectivity index (χ2v) is 5.95. The van der Waals surface area contributed by atoms with Gasteiger partial charge in [-0.2, -0.15) is 0 Å². The first kappa shape index (κ1) is 14.5. The van der Waals surface area contributed by atoms with Gasteiger partial charge < -0.3 is 14.0 Å². The van der Waals surface area contributed by atoms with Crippen molar-refractivity contribution in [2.45, 2.75) is 6.54 Å². The van der Waals surface area contributed by atoms with E-state index in [0.29, 0.717) is 17.9 Å². The summed E-state index contributed by atoms with van der Waals surface area (Å²) in [5.74, 6) is 0.623. The van der Waals surface area contributed by atoms with Gasteiger partial charge in [0.2, 0.25) is 0 Å². The zero-order valence-electron chi connectivity index (χ0n) is 13.6. The standard InChI is InChI=1S/C19H17N3O2/c1-21(12-14-9-10-20-24-14)19(23)13-7-8-18-16(11-13)15-5-3-4-6-17(15)22(18)2/h3-11H,12H2,1-2H3. The molecule has 0 unspecified atom stereocenters. The molecule has 0 aliphatic heterocycles. The maximum atomic E-state index is 12.7. The fourth-order valence-corrected chi connectivity index (χ4v) is 3.15. The Hall–Kier alpha value is -3.08. The summed E-state index contributed by atoms with van der Waals surface area (Å²) < 4.78 is 7.22. The lowest BCUT2D eigenvalue weighted by atomic mass is 10.1. The topological polar surface area (TPSA) is 51.3 Å². The summed E-state index contributed by atoms with van der Waals surface area (Å²) in [6, 6.07) is 15.8. The molecule has 4 rings (SSSR count). The SMILES string of the molecule is CN(Cc1ccno1)C(=O)c1ccc2c(c1)c1ccccc1n2C. The fourth-order valence-electron chi connectivity index (χ4n) is 3.15. The Kier molecular flexibility index (Phi) is 3.34. The van der Waals surface area contributed by atoms with E-state index in [1.165, 1.54) is 0 Å². The van der Waals surface area contributed by atoms with Gasteiger partial charge in [-0.1, -0.05) is 23.4 Å². The van der Waals surface area contributed by atoms with Crippen LogP contribution in [0.4, 0.5) is 0 Å². The third-order valence-electron chi connectivity index (χ3n) is 4.39. The number of nitrogens with zero attached hydrogens (tertiary/aromatic N) is 3. The molecule has 1 amide bonds. The van der Waals surface area contributed by atoms with Crippen LogP contribution in [-0.4, -0.2) is 27.6 Å². The van der Waals surface area contributed by atoms with Gasteiger partial charge in [0.15, 0.2) is 5.76 Å². The summed E-state index contributed by atoms with van der Waals surface area (Å²) in [5.41, 5.74) is 2.94. The molecule has 0 N–H and O–H groups in total. The lowest BCUT2D eigenvalue weighted by Gasteiger charge is -2.15. The first-order valence-corrected chi connectivity index (χ1v) is 7.77. The van der Waals surface area contributed by atoms with E-state index < -0.39 is 0 Å². The van der Waals surface area contributed by atoms with E-state index in [-0.39, 0.29) is 5.91 Å². The molecule has 0 saturated carbocycles. The largest absolute Gasteiger partial charge is 0.360 e. The number of benzene rings is 2. The Bertz CT molecular complexity index is 1030. The minimum atomic E-state index is -0.0405. The molecule has 0 radical (unpaired) electrons. The molecule has 0 aliphatic carbocycles. The first-order valence-electron chi connectivity index (χ1n) is 7.77. The van der Waals surface area contributed by atoms with Crippen molar-refractivity contribution in [1.29, 1.82) is 0 Å². The van der Waals surface area contributed by atoms with Gasteiger partial charge in [-0.25, -0.2) is 0 Å². The Morgan fingerprint density at radius 3 is 2.71 bits per heavy atom. The molecule has 4 aromatic rings. The molecule has 0 atom stereocenters. The quantitative estimate of drug-likeness (QED) is 0.580. The first-order chi connectivity index (χ1) is 11.6. The van der Waals surface area contributed by atoms with Crippen LogP contribution in [-0.2, 0) is 13.6 Å². The van der Waals surface area contributed by atoms with Gasteiger partial charge in [-0.05, 0) is 24.3 Å². The highest BCUT2D eigenvalue weighted by atomic mass is 16.5. The highest BCUT2D eigenvalue weighted by molar-refractivity contribution is 6.10. The summed E-state index contributed by atoms with van der Waals surface area (Å²) >= 11 is 0. The summed E-state index contributed by atoms with van der Waals surface area (Å²) in [5, 5.41) is 5.91.